The van der Waals surface area contributed by atoms with Gasteiger partial charge in [-0.2, -0.15) is 23.5 Å². The van der Waals surface area contributed by atoms with E-state index in [0.717, 1.165) is 44.5 Å². The third-order valence-electron chi connectivity index (χ3n) is 4.75. The first-order valence-electron chi connectivity index (χ1n) is 10.3. The summed E-state index contributed by atoms with van der Waals surface area (Å²) in [5.74, 6) is 4.45. The predicted octanol–water partition coefficient (Wildman–Crippen LogP) is 4.40. The normalized spacial score (nSPS) is 11.2. The summed E-state index contributed by atoms with van der Waals surface area (Å²) in [7, 11) is 0. The van der Waals surface area contributed by atoms with Gasteiger partial charge in [0.25, 0.3) is 0 Å². The summed E-state index contributed by atoms with van der Waals surface area (Å²) in [5.41, 5.74) is 0.631. The van der Waals surface area contributed by atoms with E-state index in [1.807, 2.05) is 42.5 Å². The first kappa shape index (κ1) is 23.7. The van der Waals surface area contributed by atoms with Gasteiger partial charge in [-0.05, 0) is 19.1 Å². The van der Waals surface area contributed by atoms with E-state index in [-0.39, 0.29) is 19.0 Å². The van der Waals surface area contributed by atoms with Crippen LogP contribution in [0.1, 0.15) is 17.3 Å². The summed E-state index contributed by atoms with van der Waals surface area (Å²) in [6.07, 6.45) is 0. The monoisotopic (exact) mass is 460 g/mol. The van der Waals surface area contributed by atoms with E-state index in [0.29, 0.717) is 30.3 Å². The van der Waals surface area contributed by atoms with Crippen molar-refractivity contribution in [2.75, 3.05) is 49.4 Å². The number of aliphatic hydroxyl groups is 2. The molecule has 0 heterocycles. The van der Waals surface area contributed by atoms with E-state index in [1.54, 1.807) is 30.4 Å². The fourth-order valence-corrected chi connectivity index (χ4v) is 4.44. The Bertz CT molecular complexity index is 1020. The lowest BCUT2D eigenvalue weighted by Gasteiger charge is -2.18. The molecule has 0 aliphatic heterocycles. The Morgan fingerprint density at radius 3 is 1.81 bits per heavy atom. The quantitative estimate of drug-likeness (QED) is 0.222. The maximum absolute atomic E-state index is 12.0. The van der Waals surface area contributed by atoms with Gasteiger partial charge in [0.2, 0.25) is 0 Å². The van der Waals surface area contributed by atoms with E-state index in [9.17, 15) is 4.79 Å². The lowest BCUT2D eigenvalue weighted by Crippen LogP contribution is -2.06. The molecule has 0 unspecified atom stereocenters. The molecular formula is C24H28O5S2. The van der Waals surface area contributed by atoms with Crippen molar-refractivity contribution in [2.45, 2.75) is 6.92 Å². The fraction of sp³-hybridized carbons (Fsp3) is 0.375. The number of rotatable bonds is 13. The van der Waals surface area contributed by atoms with Crippen molar-refractivity contribution in [3.05, 3.63) is 48.0 Å². The highest BCUT2D eigenvalue weighted by Crippen LogP contribution is 2.43. The maximum Gasteiger partial charge on any atom is 0.159 e. The van der Waals surface area contributed by atoms with Crippen molar-refractivity contribution in [3.63, 3.8) is 0 Å². The Kier molecular flexibility index (Phi) is 9.33. The smallest absolute Gasteiger partial charge is 0.159 e. The molecule has 3 aromatic rings. The molecule has 0 amide bonds. The SMILES string of the molecule is CC(=O)c1ccc2c(OCCSCCO)c3ccccc3c(OCCSCCO)c2c1. The number of Topliss-reactive ketones (excluding diaryl/α,β-unsaturated/α-hetero) is 1. The van der Waals surface area contributed by atoms with Gasteiger partial charge in [0.05, 0.1) is 26.4 Å². The van der Waals surface area contributed by atoms with Gasteiger partial charge in [0.1, 0.15) is 11.5 Å². The zero-order valence-electron chi connectivity index (χ0n) is 17.6. The van der Waals surface area contributed by atoms with Crippen LogP contribution in [0, 0.1) is 0 Å². The van der Waals surface area contributed by atoms with Crippen LogP contribution in [0.25, 0.3) is 21.5 Å². The Morgan fingerprint density at radius 2 is 1.29 bits per heavy atom. The number of ketones is 1. The van der Waals surface area contributed by atoms with Crippen LogP contribution in [0.3, 0.4) is 0 Å². The predicted molar refractivity (Wildman–Crippen MR) is 131 cm³/mol. The number of aliphatic hydroxyl groups excluding tert-OH is 2. The van der Waals surface area contributed by atoms with Crippen molar-refractivity contribution in [2.24, 2.45) is 0 Å². The molecule has 3 aromatic carbocycles. The molecule has 5 nitrogen and oxygen atoms in total. The van der Waals surface area contributed by atoms with Crippen molar-refractivity contribution >= 4 is 50.9 Å². The van der Waals surface area contributed by atoms with Gasteiger partial charge >= 0.3 is 0 Å². The number of carbonyl (C=O) groups is 1. The zero-order valence-corrected chi connectivity index (χ0v) is 19.3. The number of carbonyl (C=O) groups excluding carboxylic acids is 1. The molecule has 0 aromatic heterocycles. The van der Waals surface area contributed by atoms with Gasteiger partial charge in [0, 0.05) is 50.1 Å². The molecule has 0 aliphatic rings. The van der Waals surface area contributed by atoms with Crippen molar-refractivity contribution in [3.8, 4) is 11.5 Å². The minimum atomic E-state index is 0.00221. The number of fused-ring (bicyclic) bond motifs is 2. The molecule has 31 heavy (non-hydrogen) atoms. The van der Waals surface area contributed by atoms with E-state index in [1.165, 1.54) is 0 Å². The fourth-order valence-electron chi connectivity index (χ4n) is 3.37. The van der Waals surface area contributed by atoms with Crippen molar-refractivity contribution < 1.29 is 24.5 Å². The van der Waals surface area contributed by atoms with Crippen LogP contribution in [0.15, 0.2) is 42.5 Å². The molecule has 0 bridgehead atoms. The average molecular weight is 461 g/mol. The summed E-state index contributed by atoms with van der Waals surface area (Å²) < 4.78 is 12.4. The van der Waals surface area contributed by atoms with Crippen molar-refractivity contribution in [1.29, 1.82) is 0 Å². The molecule has 0 radical (unpaired) electrons. The molecule has 0 spiro atoms. The average Bonchev–Trinajstić information content (AvgIpc) is 2.79. The summed E-state index contributed by atoms with van der Waals surface area (Å²) in [5, 5.41) is 21.6. The molecule has 0 fully saturated rings. The van der Waals surface area contributed by atoms with Crippen LogP contribution in [0.5, 0.6) is 11.5 Å². The van der Waals surface area contributed by atoms with Gasteiger partial charge in [-0.15, -0.1) is 0 Å². The molecule has 0 saturated carbocycles. The maximum atomic E-state index is 12.0. The first-order chi connectivity index (χ1) is 15.2. The van der Waals surface area contributed by atoms with Gasteiger partial charge < -0.3 is 19.7 Å². The second-order valence-electron chi connectivity index (χ2n) is 6.89. The summed E-state index contributed by atoms with van der Waals surface area (Å²) in [6.45, 7) is 2.90. The van der Waals surface area contributed by atoms with Gasteiger partial charge in [-0.1, -0.05) is 30.3 Å². The van der Waals surface area contributed by atoms with Gasteiger partial charge in [-0.25, -0.2) is 0 Å². The molecule has 7 heteroatoms. The standard InChI is InChI=1S/C24H28O5S2/c1-17(27)18-6-7-21-22(16-18)24(29-11-15-31-13-9-26)20-5-3-2-4-19(20)23(21)28-10-14-30-12-8-25/h2-7,16,25-26H,8-15H2,1H3. The molecule has 0 aliphatic carbocycles. The first-order valence-corrected chi connectivity index (χ1v) is 12.6. The summed E-state index contributed by atoms with van der Waals surface area (Å²) in [4.78, 5) is 12.0. The third kappa shape index (κ3) is 6.07. The topological polar surface area (TPSA) is 76.0 Å². The van der Waals surface area contributed by atoms with Crippen LogP contribution in [-0.4, -0.2) is 65.4 Å². The van der Waals surface area contributed by atoms with Crippen LogP contribution in [0.2, 0.25) is 0 Å². The Balaban J connectivity index is 2.03. The largest absolute Gasteiger partial charge is 0.491 e. The van der Waals surface area contributed by atoms with Crippen LogP contribution >= 0.6 is 23.5 Å². The number of ether oxygens (including phenoxy) is 2. The highest BCUT2D eigenvalue weighted by atomic mass is 32.2. The van der Waals surface area contributed by atoms with Gasteiger partial charge in [-0.3, -0.25) is 4.79 Å². The number of hydrogen-bond acceptors (Lipinski definition) is 7. The number of benzene rings is 3. The summed E-state index contributed by atoms with van der Waals surface area (Å²) >= 11 is 3.28. The van der Waals surface area contributed by atoms with E-state index < -0.39 is 0 Å². The lowest BCUT2D eigenvalue weighted by molar-refractivity contribution is 0.101. The minimum absolute atomic E-state index is 0.00221. The lowest BCUT2D eigenvalue weighted by atomic mass is 9.98. The van der Waals surface area contributed by atoms with Crippen molar-refractivity contribution in [1.82, 2.24) is 0 Å². The second-order valence-corrected chi connectivity index (χ2v) is 9.34. The second kappa shape index (κ2) is 12.2. The summed E-state index contributed by atoms with van der Waals surface area (Å²) in [6, 6.07) is 13.6. The van der Waals surface area contributed by atoms with Crippen LogP contribution in [0.4, 0.5) is 0 Å². The number of hydrogen-bond donors (Lipinski definition) is 2. The van der Waals surface area contributed by atoms with E-state index in [4.69, 9.17) is 19.7 Å². The van der Waals surface area contributed by atoms with Crippen LogP contribution in [-0.2, 0) is 0 Å². The molecule has 0 atom stereocenters. The van der Waals surface area contributed by atoms with E-state index >= 15 is 0 Å². The molecule has 166 valence electrons. The van der Waals surface area contributed by atoms with E-state index in [2.05, 4.69) is 0 Å². The molecule has 2 N–H and O–H groups in total. The number of thioether (sulfide) groups is 2. The zero-order chi connectivity index (χ0) is 22.1. The highest BCUT2D eigenvalue weighted by molar-refractivity contribution is 7.99. The Hall–Kier alpha value is -1.93. The Labute approximate surface area is 191 Å². The highest BCUT2D eigenvalue weighted by Gasteiger charge is 2.17. The van der Waals surface area contributed by atoms with Crippen LogP contribution < -0.4 is 9.47 Å². The third-order valence-corrected chi connectivity index (χ3v) is 6.60. The molecule has 0 saturated heterocycles. The van der Waals surface area contributed by atoms with Gasteiger partial charge in [0.15, 0.2) is 5.78 Å². The Morgan fingerprint density at radius 1 is 0.774 bits per heavy atom. The molecular weight excluding hydrogens is 432 g/mol. The minimum Gasteiger partial charge on any atom is -0.491 e. The molecule has 3 rings (SSSR count).